The van der Waals surface area contributed by atoms with Gasteiger partial charge in [-0.25, -0.2) is 0 Å². The molecule has 2 N–H and O–H groups in total. The Morgan fingerprint density at radius 2 is 1.25 bits per heavy atom. The van der Waals surface area contributed by atoms with Crippen molar-refractivity contribution < 1.29 is 24.4 Å². The lowest BCUT2D eigenvalue weighted by Gasteiger charge is -2.16. The van der Waals surface area contributed by atoms with Gasteiger partial charge in [0, 0.05) is 0 Å². The molecule has 0 aromatic heterocycles. The van der Waals surface area contributed by atoms with Crippen LogP contribution < -0.4 is 9.47 Å². The first kappa shape index (κ1) is 27.9. The van der Waals surface area contributed by atoms with Crippen molar-refractivity contribution in [2.75, 3.05) is 32.3 Å². The van der Waals surface area contributed by atoms with Crippen molar-refractivity contribution in [3.05, 3.63) is 53.3 Å². The molecule has 5 nitrogen and oxygen atoms in total. The molecule has 2 aromatic rings. The molecule has 0 spiro atoms. The molecule has 0 heterocycles. The Morgan fingerprint density at radius 3 is 1.66 bits per heavy atom. The predicted molar refractivity (Wildman–Crippen MR) is 140 cm³/mol. The number of ether oxygens (including phenoxy) is 3. The third kappa shape index (κ3) is 8.80. The summed E-state index contributed by atoms with van der Waals surface area (Å²) in [5, 5.41) is 19.5. The topological polar surface area (TPSA) is 68.2 Å². The summed E-state index contributed by atoms with van der Waals surface area (Å²) in [5.74, 6) is 3.65. The summed E-state index contributed by atoms with van der Waals surface area (Å²) in [6.45, 7) is 0.423. The van der Waals surface area contributed by atoms with Crippen LogP contribution in [0.3, 0.4) is 0 Å². The van der Waals surface area contributed by atoms with E-state index in [2.05, 4.69) is 69.6 Å². The second-order valence-electron chi connectivity index (χ2n) is 6.76. The third-order valence-corrected chi connectivity index (χ3v) is 6.75. The van der Waals surface area contributed by atoms with E-state index in [0.29, 0.717) is 17.9 Å². The fourth-order valence-corrected chi connectivity index (χ4v) is 5.76. The van der Waals surface area contributed by atoms with E-state index in [9.17, 15) is 10.2 Å². The minimum absolute atomic E-state index is 0.0703. The van der Waals surface area contributed by atoms with Crippen LogP contribution >= 0.6 is 75.3 Å². The zero-order valence-electron chi connectivity index (χ0n) is 16.8. The highest BCUT2D eigenvalue weighted by atomic mass is 79.9. The number of rotatable bonds is 12. The number of hydrogen-bond donors (Lipinski definition) is 2. The van der Waals surface area contributed by atoms with E-state index in [1.54, 1.807) is 0 Å². The van der Waals surface area contributed by atoms with Crippen LogP contribution in [0.5, 0.6) is 11.5 Å². The van der Waals surface area contributed by atoms with Gasteiger partial charge >= 0.3 is 0 Å². The molecule has 0 bridgehead atoms. The second-order valence-corrected chi connectivity index (χ2v) is 10.5. The van der Waals surface area contributed by atoms with Gasteiger partial charge in [-0.1, -0.05) is 5.92 Å². The van der Waals surface area contributed by atoms with Crippen LogP contribution in [0.15, 0.2) is 42.2 Å². The molecule has 2 aromatic carbocycles. The van der Waals surface area contributed by atoms with Crippen LogP contribution in [0.4, 0.5) is 0 Å². The predicted octanol–water partition coefficient (Wildman–Crippen LogP) is 5.70. The van der Waals surface area contributed by atoms with Gasteiger partial charge in [0.15, 0.2) is 0 Å². The molecule has 0 aliphatic heterocycles. The largest absolute Gasteiger partial charge is 0.488 e. The molecule has 0 saturated carbocycles. The molecule has 2 atom stereocenters. The molecule has 174 valence electrons. The molecule has 32 heavy (non-hydrogen) atoms. The molecule has 0 aliphatic carbocycles. The molecule has 10 heteroatoms. The van der Waals surface area contributed by atoms with Crippen LogP contribution in [-0.2, 0) is 11.2 Å². The lowest BCUT2D eigenvalue weighted by molar-refractivity contribution is 0.0225. The van der Waals surface area contributed by atoms with E-state index >= 15 is 0 Å². The zero-order chi connectivity index (χ0) is 23.7. The van der Waals surface area contributed by atoms with Crippen LogP contribution in [0.2, 0.25) is 0 Å². The fraction of sp³-hybridized carbons (Fsp3) is 0.364. The standard InChI is InChI=1S/C22H21Br4ClO5/c1-2-3-30-10-16(29)12-32-22-19(25)7-14(8-20(22)26)4-13-5-17(23)21(18(24)6-13)31-11-15(28)9-27/h1,5-8,15-16,28-29H,3-4,9-12H2/t15-,16+/m1/s1. The number of hydrogen-bond acceptors (Lipinski definition) is 5. The van der Waals surface area contributed by atoms with Crippen molar-refractivity contribution in [2.45, 2.75) is 18.6 Å². The zero-order valence-corrected chi connectivity index (χ0v) is 23.9. The Hall–Kier alpha value is -0.310. The van der Waals surface area contributed by atoms with Gasteiger partial charge in [-0.15, -0.1) is 18.0 Å². The number of halogens is 5. The number of aliphatic hydroxyl groups is 2. The Morgan fingerprint density at radius 1 is 0.812 bits per heavy atom. The Balaban J connectivity index is 2.06. The summed E-state index contributed by atoms with van der Waals surface area (Å²) in [4.78, 5) is 0. The number of aliphatic hydroxyl groups excluding tert-OH is 2. The van der Waals surface area contributed by atoms with E-state index in [1.165, 1.54) is 0 Å². The van der Waals surface area contributed by atoms with Crippen LogP contribution in [0.1, 0.15) is 11.1 Å². The maximum atomic E-state index is 9.94. The Kier molecular flexibility index (Phi) is 12.4. The maximum absolute atomic E-state index is 9.94. The van der Waals surface area contributed by atoms with Crippen LogP contribution in [-0.4, -0.2) is 54.7 Å². The van der Waals surface area contributed by atoms with Crippen molar-refractivity contribution in [2.24, 2.45) is 0 Å². The van der Waals surface area contributed by atoms with Gasteiger partial charge in [-0.2, -0.15) is 0 Å². The van der Waals surface area contributed by atoms with Gasteiger partial charge in [0.2, 0.25) is 0 Å². The average Bonchev–Trinajstić information content (AvgIpc) is 2.72. The van der Waals surface area contributed by atoms with E-state index in [-0.39, 0.29) is 32.3 Å². The lowest BCUT2D eigenvalue weighted by atomic mass is 10.0. The van der Waals surface area contributed by atoms with Crippen molar-refractivity contribution in [1.82, 2.24) is 0 Å². The molecule has 0 amide bonds. The van der Waals surface area contributed by atoms with Crippen molar-refractivity contribution in [1.29, 1.82) is 0 Å². The first-order valence-corrected chi connectivity index (χ1v) is 13.1. The smallest absolute Gasteiger partial charge is 0.147 e. The molecule has 0 unspecified atom stereocenters. The average molecular weight is 720 g/mol. The Labute approximate surface area is 226 Å². The van der Waals surface area contributed by atoms with Gasteiger partial charge in [0.05, 0.1) is 30.4 Å². The second kappa shape index (κ2) is 14.2. The summed E-state index contributed by atoms with van der Waals surface area (Å²) in [6.07, 6.45) is 4.25. The van der Waals surface area contributed by atoms with Gasteiger partial charge in [-0.3, -0.25) is 0 Å². The maximum Gasteiger partial charge on any atom is 0.147 e. The van der Waals surface area contributed by atoms with Crippen LogP contribution in [0, 0.1) is 12.3 Å². The summed E-state index contributed by atoms with van der Waals surface area (Å²) < 4.78 is 19.6. The summed E-state index contributed by atoms with van der Waals surface area (Å²) in [5.41, 5.74) is 2.08. The van der Waals surface area contributed by atoms with Gasteiger partial charge in [0.1, 0.15) is 43.5 Å². The highest BCUT2D eigenvalue weighted by Gasteiger charge is 2.15. The van der Waals surface area contributed by atoms with Crippen molar-refractivity contribution in [3.63, 3.8) is 0 Å². The van der Waals surface area contributed by atoms with Crippen molar-refractivity contribution >= 4 is 75.3 Å². The summed E-state index contributed by atoms with van der Waals surface area (Å²) in [6, 6.07) is 7.85. The van der Waals surface area contributed by atoms with Gasteiger partial charge < -0.3 is 24.4 Å². The Bertz CT molecular complexity index is 904. The normalized spacial score (nSPS) is 12.8. The molecule has 0 aliphatic rings. The monoisotopic (exact) mass is 716 g/mol. The minimum Gasteiger partial charge on any atom is -0.488 e. The molecule has 0 radical (unpaired) electrons. The molecular weight excluding hydrogens is 699 g/mol. The third-order valence-electron chi connectivity index (χ3n) is 4.04. The lowest BCUT2D eigenvalue weighted by Crippen LogP contribution is -2.23. The van der Waals surface area contributed by atoms with Crippen molar-refractivity contribution in [3.8, 4) is 23.8 Å². The highest BCUT2D eigenvalue weighted by Crippen LogP contribution is 2.38. The molecule has 2 rings (SSSR count). The van der Waals surface area contributed by atoms with E-state index in [0.717, 1.165) is 29.0 Å². The number of benzene rings is 2. The van der Waals surface area contributed by atoms with Gasteiger partial charge in [-0.05, 0) is 106 Å². The minimum atomic E-state index is -0.789. The summed E-state index contributed by atoms with van der Waals surface area (Å²) >= 11 is 19.7. The van der Waals surface area contributed by atoms with E-state index in [4.69, 9.17) is 32.2 Å². The molecular formula is C22H21Br4ClO5. The first-order chi connectivity index (χ1) is 15.2. The summed E-state index contributed by atoms with van der Waals surface area (Å²) in [7, 11) is 0. The quantitative estimate of drug-likeness (QED) is 0.168. The van der Waals surface area contributed by atoms with Crippen LogP contribution in [0.25, 0.3) is 0 Å². The fourth-order valence-electron chi connectivity index (χ4n) is 2.65. The SMILES string of the molecule is C#CCOC[C@H](O)COc1c(Br)cc(Cc2cc(Br)c(OC[C@H](O)CCl)c(Br)c2)cc1Br. The number of alkyl halides is 1. The highest BCUT2D eigenvalue weighted by molar-refractivity contribution is 9.11. The van der Waals surface area contributed by atoms with Gasteiger partial charge in [0.25, 0.3) is 0 Å². The first-order valence-electron chi connectivity index (χ1n) is 9.39. The number of terminal acetylenes is 1. The molecule has 0 fully saturated rings. The molecule has 0 saturated heterocycles. The van der Waals surface area contributed by atoms with E-state index in [1.807, 2.05) is 24.3 Å². The van der Waals surface area contributed by atoms with E-state index < -0.39 is 12.2 Å².